The standard InChI is InChI=1S/C22H19NO3/c24-21-19-15-6-7-16(12-15)20(19)22(25)23(21)17-8-10-18(11-9-17)26-13-14-4-2-1-3-5-14/h1-11,15-16,19-20H,12-13H2/t15-,16-,19-,20+/m1/s1. The average Bonchev–Trinajstić information content (AvgIpc) is 3.35. The second kappa shape index (κ2) is 5.84. The highest BCUT2D eigenvalue weighted by Crippen LogP contribution is 2.53. The first-order valence-corrected chi connectivity index (χ1v) is 9.05. The van der Waals surface area contributed by atoms with Gasteiger partial charge in [0.05, 0.1) is 17.5 Å². The van der Waals surface area contributed by atoms with Crippen molar-refractivity contribution in [3.8, 4) is 5.75 Å². The third-order valence-electron chi connectivity index (χ3n) is 5.81. The average molecular weight is 345 g/mol. The third kappa shape index (κ3) is 2.29. The smallest absolute Gasteiger partial charge is 0.238 e. The molecule has 1 saturated carbocycles. The van der Waals surface area contributed by atoms with Gasteiger partial charge in [0, 0.05) is 0 Å². The molecule has 2 fully saturated rings. The molecule has 0 unspecified atom stereocenters. The van der Waals surface area contributed by atoms with Crippen LogP contribution >= 0.6 is 0 Å². The Morgan fingerprint density at radius 3 is 2.08 bits per heavy atom. The summed E-state index contributed by atoms with van der Waals surface area (Å²) in [7, 11) is 0. The van der Waals surface area contributed by atoms with Crippen molar-refractivity contribution in [1.82, 2.24) is 0 Å². The number of nitrogens with zero attached hydrogens (tertiary/aromatic N) is 1. The van der Waals surface area contributed by atoms with Gasteiger partial charge in [-0.25, -0.2) is 0 Å². The molecule has 3 aliphatic rings. The number of amides is 2. The molecule has 1 aliphatic heterocycles. The zero-order valence-electron chi connectivity index (χ0n) is 14.2. The monoisotopic (exact) mass is 345 g/mol. The van der Waals surface area contributed by atoms with Gasteiger partial charge in [-0.1, -0.05) is 42.5 Å². The van der Waals surface area contributed by atoms with Crippen LogP contribution in [0.2, 0.25) is 0 Å². The summed E-state index contributed by atoms with van der Waals surface area (Å²) in [5, 5.41) is 0. The van der Waals surface area contributed by atoms with Crippen LogP contribution in [0.1, 0.15) is 12.0 Å². The number of anilines is 1. The lowest BCUT2D eigenvalue weighted by atomic mass is 9.85. The third-order valence-corrected chi connectivity index (χ3v) is 5.81. The zero-order valence-corrected chi connectivity index (χ0v) is 14.2. The fourth-order valence-electron chi connectivity index (χ4n) is 4.59. The van der Waals surface area contributed by atoms with Gasteiger partial charge in [-0.3, -0.25) is 14.5 Å². The maximum atomic E-state index is 12.8. The van der Waals surface area contributed by atoms with E-state index >= 15 is 0 Å². The van der Waals surface area contributed by atoms with Gasteiger partial charge in [0.15, 0.2) is 0 Å². The lowest BCUT2D eigenvalue weighted by Gasteiger charge is -2.17. The number of hydrogen-bond acceptors (Lipinski definition) is 3. The van der Waals surface area contributed by atoms with Crippen LogP contribution < -0.4 is 9.64 Å². The van der Waals surface area contributed by atoms with E-state index in [0.717, 1.165) is 17.7 Å². The number of allylic oxidation sites excluding steroid dienone is 2. The molecule has 1 saturated heterocycles. The summed E-state index contributed by atoms with van der Waals surface area (Å²) in [6.45, 7) is 0.487. The number of carbonyl (C=O) groups excluding carboxylic acids is 2. The molecule has 2 aromatic rings. The molecule has 26 heavy (non-hydrogen) atoms. The van der Waals surface area contributed by atoms with Crippen LogP contribution in [0.5, 0.6) is 5.75 Å². The van der Waals surface area contributed by atoms with Gasteiger partial charge < -0.3 is 4.74 Å². The lowest BCUT2D eigenvalue weighted by molar-refractivity contribution is -0.123. The molecule has 1 heterocycles. The van der Waals surface area contributed by atoms with Crippen molar-refractivity contribution in [2.24, 2.45) is 23.7 Å². The summed E-state index contributed by atoms with van der Waals surface area (Å²) in [5.74, 6) is 0.779. The van der Waals surface area contributed by atoms with Crippen molar-refractivity contribution in [2.75, 3.05) is 4.90 Å². The molecule has 2 aromatic carbocycles. The van der Waals surface area contributed by atoms with Gasteiger partial charge >= 0.3 is 0 Å². The van der Waals surface area contributed by atoms with Crippen LogP contribution in [-0.2, 0) is 16.2 Å². The van der Waals surface area contributed by atoms with E-state index in [4.69, 9.17) is 4.74 Å². The summed E-state index contributed by atoms with van der Waals surface area (Å²) in [5.41, 5.74) is 1.73. The summed E-state index contributed by atoms with van der Waals surface area (Å²) in [4.78, 5) is 27.0. The fraction of sp³-hybridized carbons (Fsp3) is 0.273. The maximum Gasteiger partial charge on any atom is 0.238 e. The summed E-state index contributed by atoms with van der Waals surface area (Å²) < 4.78 is 5.78. The number of benzene rings is 2. The van der Waals surface area contributed by atoms with Gasteiger partial charge in [0.2, 0.25) is 11.8 Å². The maximum absolute atomic E-state index is 12.8. The van der Waals surface area contributed by atoms with E-state index in [0.29, 0.717) is 12.3 Å². The second-order valence-corrected chi connectivity index (χ2v) is 7.28. The summed E-state index contributed by atoms with van der Waals surface area (Å²) in [6, 6.07) is 17.2. The molecular formula is C22H19NO3. The minimum atomic E-state index is -0.161. The van der Waals surface area contributed by atoms with E-state index in [1.54, 1.807) is 12.1 Å². The quantitative estimate of drug-likeness (QED) is 0.629. The Kier molecular flexibility index (Phi) is 3.45. The molecule has 0 radical (unpaired) electrons. The van der Waals surface area contributed by atoms with E-state index in [2.05, 4.69) is 12.2 Å². The number of hydrogen-bond donors (Lipinski definition) is 0. The van der Waals surface area contributed by atoms with Crippen molar-refractivity contribution in [1.29, 1.82) is 0 Å². The molecule has 0 spiro atoms. The molecule has 2 bridgehead atoms. The van der Waals surface area contributed by atoms with E-state index < -0.39 is 0 Å². The molecule has 4 heteroatoms. The first kappa shape index (κ1) is 15.4. The lowest BCUT2D eigenvalue weighted by Crippen LogP contribution is -2.32. The predicted molar refractivity (Wildman–Crippen MR) is 97.4 cm³/mol. The molecule has 5 rings (SSSR count). The topological polar surface area (TPSA) is 46.6 Å². The van der Waals surface area contributed by atoms with Crippen molar-refractivity contribution in [3.05, 3.63) is 72.3 Å². The molecule has 2 aliphatic carbocycles. The number of rotatable bonds is 4. The Morgan fingerprint density at radius 1 is 0.846 bits per heavy atom. The fourth-order valence-corrected chi connectivity index (χ4v) is 4.59. The Bertz CT molecular complexity index is 857. The number of imide groups is 1. The van der Waals surface area contributed by atoms with Gasteiger partial charge in [-0.15, -0.1) is 0 Å². The number of carbonyl (C=O) groups is 2. The largest absolute Gasteiger partial charge is 0.489 e. The van der Waals surface area contributed by atoms with Crippen molar-refractivity contribution < 1.29 is 14.3 Å². The molecule has 0 aromatic heterocycles. The minimum Gasteiger partial charge on any atom is -0.489 e. The molecule has 130 valence electrons. The first-order valence-electron chi connectivity index (χ1n) is 9.05. The highest BCUT2D eigenvalue weighted by atomic mass is 16.5. The molecule has 0 N–H and O–H groups in total. The molecule has 2 amide bonds. The van der Waals surface area contributed by atoms with Crippen LogP contribution in [-0.4, -0.2) is 11.8 Å². The highest BCUT2D eigenvalue weighted by Gasteiger charge is 2.59. The Balaban J connectivity index is 1.32. The van der Waals surface area contributed by atoms with Crippen molar-refractivity contribution in [3.63, 3.8) is 0 Å². The highest BCUT2D eigenvalue weighted by molar-refractivity contribution is 6.22. The van der Waals surface area contributed by atoms with Crippen LogP contribution in [0.4, 0.5) is 5.69 Å². The Hall–Kier alpha value is -2.88. The first-order chi connectivity index (χ1) is 12.7. The van der Waals surface area contributed by atoms with E-state index in [1.165, 1.54) is 4.90 Å². The Labute approximate surface area is 152 Å². The zero-order chi connectivity index (χ0) is 17.7. The van der Waals surface area contributed by atoms with Crippen LogP contribution in [0.15, 0.2) is 66.7 Å². The summed E-state index contributed by atoms with van der Waals surface area (Å²) >= 11 is 0. The minimum absolute atomic E-state index is 0.0465. The molecular weight excluding hydrogens is 326 g/mol. The van der Waals surface area contributed by atoms with E-state index in [9.17, 15) is 9.59 Å². The SMILES string of the molecule is O=C1[C@@H]2[C@H](C(=O)N1c1ccc(OCc3ccccc3)cc1)[C@@H]1C=C[C@@H]2C1. The van der Waals surface area contributed by atoms with Gasteiger partial charge in [0.1, 0.15) is 12.4 Å². The summed E-state index contributed by atoms with van der Waals surface area (Å²) in [6.07, 6.45) is 5.18. The van der Waals surface area contributed by atoms with Crippen LogP contribution in [0.3, 0.4) is 0 Å². The number of fused-ring (bicyclic) bond motifs is 5. The molecule has 4 nitrogen and oxygen atoms in total. The Morgan fingerprint density at radius 2 is 1.46 bits per heavy atom. The predicted octanol–water partition coefficient (Wildman–Crippen LogP) is 3.58. The van der Waals surface area contributed by atoms with E-state index in [1.807, 2.05) is 42.5 Å². The van der Waals surface area contributed by atoms with E-state index in [-0.39, 0.29) is 35.5 Å². The van der Waals surface area contributed by atoms with Gasteiger partial charge in [-0.05, 0) is 48.1 Å². The molecule has 4 atom stereocenters. The second-order valence-electron chi connectivity index (χ2n) is 7.28. The van der Waals surface area contributed by atoms with Crippen molar-refractivity contribution >= 4 is 17.5 Å². The van der Waals surface area contributed by atoms with Gasteiger partial charge in [0.25, 0.3) is 0 Å². The van der Waals surface area contributed by atoms with Crippen molar-refractivity contribution in [2.45, 2.75) is 13.0 Å². The number of ether oxygens (including phenoxy) is 1. The van der Waals surface area contributed by atoms with Crippen LogP contribution in [0, 0.1) is 23.7 Å². The normalized spacial score (nSPS) is 28.7. The van der Waals surface area contributed by atoms with Crippen LogP contribution in [0.25, 0.3) is 0 Å². The van der Waals surface area contributed by atoms with Gasteiger partial charge in [-0.2, -0.15) is 0 Å².